The van der Waals surface area contributed by atoms with Crippen molar-refractivity contribution in [2.75, 3.05) is 0 Å². The van der Waals surface area contributed by atoms with Gasteiger partial charge in [0, 0.05) is 27.8 Å². The van der Waals surface area contributed by atoms with Crippen LogP contribution in [-0.2, 0) is 0 Å². The highest BCUT2D eigenvalue weighted by Crippen LogP contribution is 2.59. The lowest BCUT2D eigenvalue weighted by Crippen LogP contribution is -2.04. The maximum Gasteiger partial charge on any atom is 0.270 e. The third-order valence-electron chi connectivity index (χ3n) is 7.71. The fourth-order valence-electron chi connectivity index (χ4n) is 5.88. The van der Waals surface area contributed by atoms with Crippen LogP contribution >= 0.6 is 0 Å². The van der Waals surface area contributed by atoms with Gasteiger partial charge < -0.3 is 0 Å². The summed E-state index contributed by atoms with van der Waals surface area (Å²) < 4.78 is 57.9. The highest BCUT2D eigenvalue weighted by molar-refractivity contribution is 6.32. The first-order valence-corrected chi connectivity index (χ1v) is 13.2. The first kappa shape index (κ1) is 32.6. The number of nitriles is 6. The standard InChI is InChI=1S/C36H4F4N10/c1-47-25-8-24(40)23(39)7-17(25)32-35(27(14-46)49-3)31-20(12-44)30-29(19(11-43)33(31)36(32)50-4)18(10-42)28(34(30)26(13-45)48-2)16-6-22(38)21(37)5-15(16)9-41/h5-8H/b34-26-,35-27-. The van der Waals surface area contributed by atoms with Gasteiger partial charge in [-0.25, -0.2) is 47.5 Å². The summed E-state index contributed by atoms with van der Waals surface area (Å²) in [7, 11) is 0. The van der Waals surface area contributed by atoms with Gasteiger partial charge in [-0.1, -0.05) is 0 Å². The lowest BCUT2D eigenvalue weighted by molar-refractivity contribution is 0.508. The van der Waals surface area contributed by atoms with E-state index in [2.05, 4.69) is 19.4 Å². The van der Waals surface area contributed by atoms with Gasteiger partial charge in [-0.3, -0.25) is 0 Å². The maximum absolute atomic E-state index is 14.7. The summed E-state index contributed by atoms with van der Waals surface area (Å²) in [6.45, 7) is 31.1. The molecule has 0 atom stereocenters. The Morgan fingerprint density at radius 3 is 1.52 bits per heavy atom. The Balaban J connectivity index is 2.17. The molecule has 0 aliphatic heterocycles. The third-order valence-corrected chi connectivity index (χ3v) is 7.71. The fourth-order valence-corrected chi connectivity index (χ4v) is 5.88. The number of hydrogen-bond acceptors (Lipinski definition) is 6. The van der Waals surface area contributed by atoms with E-state index < -0.39 is 124 Å². The summed E-state index contributed by atoms with van der Waals surface area (Å²) in [6.07, 6.45) is 0. The Bertz CT molecular complexity index is 2590. The predicted octanol–water partition coefficient (Wildman–Crippen LogP) is 7.97. The molecular weight excluding hydrogens is 648 g/mol. The van der Waals surface area contributed by atoms with E-state index in [9.17, 15) is 49.1 Å². The second-order valence-electron chi connectivity index (χ2n) is 9.88. The summed E-state index contributed by atoms with van der Waals surface area (Å²) in [5.41, 5.74) is -10.3. The SMILES string of the molecule is [C-]#[N+]C1=C(c2cc(F)c(F)cc2[N+]#[C-])/C(=C(/C#N)[N+]#[C-])c2c(C#N)c3c(c(C#N)c21)C(C#N)=C(c1cc(F)c(F)cc1C#N)/C3=C(\C#N)[N+]#[C-]. The van der Waals surface area contributed by atoms with Crippen LogP contribution in [0.15, 0.2) is 35.7 Å². The van der Waals surface area contributed by atoms with E-state index in [0.29, 0.717) is 24.3 Å². The van der Waals surface area contributed by atoms with E-state index in [1.54, 1.807) is 24.3 Å². The zero-order valence-corrected chi connectivity index (χ0v) is 24.3. The summed E-state index contributed by atoms with van der Waals surface area (Å²) >= 11 is 0. The average Bonchev–Trinajstić information content (AvgIpc) is 3.63. The number of fused-ring (bicyclic) bond motifs is 2. The van der Waals surface area contributed by atoms with Crippen molar-refractivity contribution >= 4 is 39.2 Å². The predicted molar refractivity (Wildman–Crippen MR) is 164 cm³/mol. The molecule has 2 aliphatic carbocycles. The minimum absolute atomic E-state index is 0.472. The highest BCUT2D eigenvalue weighted by atomic mass is 19.2. The molecule has 14 heteroatoms. The zero-order valence-electron chi connectivity index (χ0n) is 24.3. The number of halogens is 4. The smallest absolute Gasteiger partial charge is 0.237 e. The van der Waals surface area contributed by atoms with Crippen molar-refractivity contribution in [1.29, 1.82) is 31.6 Å². The molecule has 0 unspecified atom stereocenters. The van der Waals surface area contributed by atoms with Gasteiger partial charge >= 0.3 is 0 Å². The summed E-state index contributed by atoms with van der Waals surface area (Å²) in [6, 6.07) is 12.3. The number of allylic oxidation sites excluding steroid dienone is 7. The van der Waals surface area contributed by atoms with Gasteiger partial charge in [0.1, 0.15) is 18.0 Å². The van der Waals surface area contributed by atoms with Crippen molar-refractivity contribution in [1.82, 2.24) is 0 Å². The molecule has 5 rings (SSSR count). The van der Waals surface area contributed by atoms with Gasteiger partial charge in [0.25, 0.3) is 11.4 Å². The molecule has 3 aromatic rings. The van der Waals surface area contributed by atoms with Crippen LogP contribution < -0.4 is 0 Å². The van der Waals surface area contributed by atoms with Gasteiger partial charge in [-0.05, 0) is 52.1 Å². The van der Waals surface area contributed by atoms with Crippen LogP contribution in [0.2, 0.25) is 0 Å². The summed E-state index contributed by atoms with van der Waals surface area (Å²) in [4.78, 5) is 13.0. The monoisotopic (exact) mass is 652 g/mol. The Morgan fingerprint density at radius 2 is 1.04 bits per heavy atom. The van der Waals surface area contributed by atoms with Crippen molar-refractivity contribution < 1.29 is 17.6 Å². The average molecular weight is 652 g/mol. The van der Waals surface area contributed by atoms with Crippen LogP contribution in [0, 0.1) is 118 Å². The Hall–Kier alpha value is -8.76. The van der Waals surface area contributed by atoms with Gasteiger partial charge in [-0.2, -0.15) is 21.0 Å². The van der Waals surface area contributed by atoms with E-state index >= 15 is 0 Å². The Morgan fingerprint density at radius 1 is 0.540 bits per heavy atom. The molecule has 0 radical (unpaired) electrons. The molecule has 0 fully saturated rings. The third kappa shape index (κ3) is 4.32. The molecule has 0 N–H and O–H groups in total. The Labute approximate surface area is 279 Å². The van der Waals surface area contributed by atoms with Crippen LogP contribution in [0.1, 0.15) is 50.1 Å². The quantitative estimate of drug-likeness (QED) is 0.155. The minimum atomic E-state index is -1.50. The van der Waals surface area contributed by atoms with Crippen LogP contribution in [0.3, 0.4) is 0 Å². The van der Waals surface area contributed by atoms with Crippen LogP contribution in [0.4, 0.5) is 23.2 Å². The fraction of sp³-hybridized carbons (Fsp3) is 0. The molecule has 0 heterocycles. The van der Waals surface area contributed by atoms with Crippen molar-refractivity contribution in [3.8, 4) is 36.4 Å². The van der Waals surface area contributed by atoms with Gasteiger partial charge in [-0.15, -0.1) is 0 Å². The number of rotatable bonds is 2. The lowest BCUT2D eigenvalue weighted by atomic mass is 9.83. The Kier molecular flexibility index (Phi) is 7.97. The van der Waals surface area contributed by atoms with E-state index in [1.807, 2.05) is 12.1 Å². The van der Waals surface area contributed by atoms with Gasteiger partial charge in [0.2, 0.25) is 5.70 Å². The van der Waals surface area contributed by atoms with Crippen molar-refractivity contribution in [3.63, 3.8) is 0 Å². The molecule has 10 nitrogen and oxygen atoms in total. The minimum Gasteiger partial charge on any atom is -0.237 e. The maximum atomic E-state index is 14.7. The van der Waals surface area contributed by atoms with E-state index in [1.165, 1.54) is 0 Å². The van der Waals surface area contributed by atoms with Crippen LogP contribution in [0.5, 0.6) is 0 Å². The van der Waals surface area contributed by atoms with Crippen LogP contribution in [0.25, 0.3) is 52.9 Å². The zero-order chi connectivity index (χ0) is 36.6. The molecule has 0 bridgehead atoms. The molecule has 226 valence electrons. The first-order valence-electron chi connectivity index (χ1n) is 13.2. The van der Waals surface area contributed by atoms with Crippen molar-refractivity contribution in [2.24, 2.45) is 0 Å². The highest BCUT2D eigenvalue weighted by Gasteiger charge is 2.44. The molecule has 0 amide bonds. The number of nitrogens with zero attached hydrogens (tertiary/aromatic N) is 10. The molecule has 0 spiro atoms. The molecule has 0 saturated carbocycles. The number of benzene rings is 3. The molecule has 0 saturated heterocycles. The summed E-state index contributed by atoms with van der Waals surface area (Å²) in [5, 5.41) is 61.7. The van der Waals surface area contributed by atoms with E-state index in [0.717, 1.165) is 0 Å². The summed E-state index contributed by atoms with van der Waals surface area (Å²) in [5.74, 6) is -5.91. The van der Waals surface area contributed by atoms with E-state index in [-0.39, 0.29) is 0 Å². The molecule has 0 aromatic heterocycles. The van der Waals surface area contributed by atoms with Gasteiger partial charge in [0.15, 0.2) is 23.1 Å². The largest absolute Gasteiger partial charge is 0.270 e. The molecule has 2 aliphatic rings. The second kappa shape index (κ2) is 12.2. The van der Waals surface area contributed by atoms with Crippen LogP contribution in [-0.4, -0.2) is 0 Å². The van der Waals surface area contributed by atoms with Crippen molar-refractivity contribution in [3.05, 3.63) is 155 Å². The number of hydrogen-bond donors (Lipinski definition) is 0. The van der Waals surface area contributed by atoms with E-state index in [4.69, 9.17) is 26.3 Å². The normalized spacial score (nSPS) is 14.1. The first-order chi connectivity index (χ1) is 24.1. The lowest BCUT2D eigenvalue weighted by Gasteiger charge is -2.17. The molecule has 50 heavy (non-hydrogen) atoms. The van der Waals surface area contributed by atoms with Gasteiger partial charge in [0.05, 0.1) is 72.8 Å². The topological polar surface area (TPSA) is 160 Å². The van der Waals surface area contributed by atoms with Crippen molar-refractivity contribution in [2.45, 2.75) is 0 Å². The second-order valence-corrected chi connectivity index (χ2v) is 9.88. The molecular formula is C36H4F4N10. The molecule has 3 aromatic carbocycles.